The van der Waals surface area contributed by atoms with E-state index in [-0.39, 0.29) is 12.2 Å². The molecule has 8 heteroatoms. The van der Waals surface area contributed by atoms with Gasteiger partial charge in [-0.05, 0) is 13.0 Å². The molecular weight excluding hydrogens is 279 g/mol. The number of ether oxygens (including phenoxy) is 2. The number of hydrogen-bond acceptors (Lipinski definition) is 5. The largest absolute Gasteiger partial charge is 0.573 e. The van der Waals surface area contributed by atoms with Crippen molar-refractivity contribution in [2.75, 3.05) is 6.61 Å². The summed E-state index contributed by atoms with van der Waals surface area (Å²) in [4.78, 5) is 11.3. The van der Waals surface area contributed by atoms with Crippen molar-refractivity contribution in [3.8, 4) is 17.6 Å². The van der Waals surface area contributed by atoms with Crippen LogP contribution in [0.5, 0.6) is 11.5 Å². The predicted molar refractivity (Wildman–Crippen MR) is 59.8 cm³/mol. The number of alkyl halides is 3. The Balaban J connectivity index is 3.23. The number of aromatic hydroxyl groups is 1. The Morgan fingerprint density at radius 1 is 1.45 bits per heavy atom. The SMILES string of the molecule is CCOC(=O)Cc1cc(O)cc(C#N)c1OC(F)(F)F. The third kappa shape index (κ3) is 4.35. The number of phenolic OH excluding ortho intramolecular Hbond substituents is 1. The van der Waals surface area contributed by atoms with E-state index in [4.69, 9.17) is 5.26 Å². The van der Waals surface area contributed by atoms with Gasteiger partial charge in [-0.1, -0.05) is 0 Å². The lowest BCUT2D eigenvalue weighted by atomic mass is 10.1. The zero-order valence-electron chi connectivity index (χ0n) is 10.3. The van der Waals surface area contributed by atoms with Crippen LogP contribution in [0.2, 0.25) is 0 Å². The molecule has 0 amide bonds. The number of halogens is 3. The van der Waals surface area contributed by atoms with Crippen LogP contribution in [-0.4, -0.2) is 24.0 Å². The van der Waals surface area contributed by atoms with Gasteiger partial charge in [0.2, 0.25) is 0 Å². The highest BCUT2D eigenvalue weighted by atomic mass is 19.4. The van der Waals surface area contributed by atoms with E-state index in [2.05, 4.69) is 9.47 Å². The van der Waals surface area contributed by atoms with Crippen LogP contribution in [0, 0.1) is 11.3 Å². The molecule has 0 spiro atoms. The lowest BCUT2D eigenvalue weighted by Crippen LogP contribution is -2.20. The van der Waals surface area contributed by atoms with Crippen LogP contribution in [0.15, 0.2) is 12.1 Å². The Labute approximate surface area is 112 Å². The molecule has 1 aromatic rings. The summed E-state index contributed by atoms with van der Waals surface area (Å²) in [6.45, 7) is 1.59. The highest BCUT2D eigenvalue weighted by Crippen LogP contribution is 2.33. The maximum Gasteiger partial charge on any atom is 0.573 e. The number of phenols is 1. The van der Waals surface area contributed by atoms with E-state index in [1.54, 1.807) is 0 Å². The Morgan fingerprint density at radius 3 is 2.60 bits per heavy atom. The molecule has 0 aromatic heterocycles. The summed E-state index contributed by atoms with van der Waals surface area (Å²) in [6.07, 6.45) is -5.58. The molecule has 1 rings (SSSR count). The van der Waals surface area contributed by atoms with E-state index in [1.165, 1.54) is 13.0 Å². The summed E-state index contributed by atoms with van der Waals surface area (Å²) in [6, 6.07) is 3.20. The summed E-state index contributed by atoms with van der Waals surface area (Å²) in [5.74, 6) is -2.06. The molecule has 0 aliphatic rings. The Hall–Kier alpha value is -2.43. The molecule has 0 bridgehead atoms. The van der Waals surface area contributed by atoms with Gasteiger partial charge in [-0.15, -0.1) is 13.2 Å². The summed E-state index contributed by atoms with van der Waals surface area (Å²) in [5.41, 5.74) is -0.807. The van der Waals surface area contributed by atoms with Crippen molar-refractivity contribution in [1.29, 1.82) is 5.26 Å². The second-order valence-electron chi connectivity index (χ2n) is 3.62. The molecular formula is C12H10F3NO4. The number of hydrogen-bond donors (Lipinski definition) is 1. The number of carbonyl (C=O) groups excluding carboxylic acids is 1. The first-order valence-electron chi connectivity index (χ1n) is 5.44. The standard InChI is InChI=1S/C12H10F3NO4/c1-2-19-10(18)5-7-3-9(17)4-8(6-16)11(7)20-12(13,14)15/h3-4,17H,2,5H2,1H3. The van der Waals surface area contributed by atoms with Crippen molar-refractivity contribution >= 4 is 5.97 Å². The molecule has 20 heavy (non-hydrogen) atoms. The van der Waals surface area contributed by atoms with E-state index in [9.17, 15) is 23.1 Å². The number of nitrogens with zero attached hydrogens (tertiary/aromatic N) is 1. The average molecular weight is 289 g/mol. The molecule has 0 aliphatic heterocycles. The van der Waals surface area contributed by atoms with Gasteiger partial charge in [0.1, 0.15) is 11.8 Å². The predicted octanol–water partition coefficient (Wildman–Crippen LogP) is 2.27. The topological polar surface area (TPSA) is 79.5 Å². The summed E-state index contributed by atoms with van der Waals surface area (Å²) < 4.78 is 45.3. The quantitative estimate of drug-likeness (QED) is 0.860. The Kier molecular flexibility index (Phi) is 4.80. The minimum Gasteiger partial charge on any atom is -0.508 e. The van der Waals surface area contributed by atoms with Crippen LogP contribution < -0.4 is 4.74 Å². The number of nitriles is 1. The van der Waals surface area contributed by atoms with Gasteiger partial charge in [0.05, 0.1) is 18.6 Å². The molecule has 1 aromatic carbocycles. The second kappa shape index (κ2) is 6.14. The number of rotatable bonds is 4. The van der Waals surface area contributed by atoms with Crippen LogP contribution in [0.25, 0.3) is 0 Å². The third-order valence-electron chi connectivity index (χ3n) is 2.13. The number of benzene rings is 1. The van der Waals surface area contributed by atoms with Crippen LogP contribution in [0.1, 0.15) is 18.1 Å². The zero-order chi connectivity index (χ0) is 15.3. The molecule has 0 heterocycles. The van der Waals surface area contributed by atoms with Crippen LogP contribution in [0.3, 0.4) is 0 Å². The summed E-state index contributed by atoms with van der Waals surface area (Å²) >= 11 is 0. The van der Waals surface area contributed by atoms with E-state index in [0.717, 1.165) is 12.1 Å². The highest BCUT2D eigenvalue weighted by molar-refractivity contribution is 5.74. The van der Waals surface area contributed by atoms with E-state index in [1.807, 2.05) is 0 Å². The zero-order valence-corrected chi connectivity index (χ0v) is 10.3. The van der Waals surface area contributed by atoms with Crippen molar-refractivity contribution in [3.63, 3.8) is 0 Å². The van der Waals surface area contributed by atoms with Gasteiger partial charge in [0.25, 0.3) is 0 Å². The minimum atomic E-state index is -5.02. The fourth-order valence-corrected chi connectivity index (χ4v) is 1.49. The van der Waals surface area contributed by atoms with Crippen molar-refractivity contribution < 1.29 is 32.5 Å². The Bertz CT molecular complexity index is 549. The van der Waals surface area contributed by atoms with Gasteiger partial charge in [-0.3, -0.25) is 4.79 Å². The molecule has 0 unspecified atom stereocenters. The molecule has 0 fully saturated rings. The molecule has 0 aliphatic carbocycles. The van der Waals surface area contributed by atoms with Gasteiger partial charge in [-0.25, -0.2) is 0 Å². The first-order valence-corrected chi connectivity index (χ1v) is 5.44. The third-order valence-corrected chi connectivity index (χ3v) is 2.13. The molecule has 0 atom stereocenters. The fourth-order valence-electron chi connectivity index (χ4n) is 1.49. The maximum absolute atomic E-state index is 12.3. The lowest BCUT2D eigenvalue weighted by molar-refractivity contribution is -0.275. The van der Waals surface area contributed by atoms with E-state index in [0.29, 0.717) is 0 Å². The van der Waals surface area contributed by atoms with Crippen molar-refractivity contribution in [2.24, 2.45) is 0 Å². The smallest absolute Gasteiger partial charge is 0.508 e. The average Bonchev–Trinajstić information content (AvgIpc) is 2.31. The number of esters is 1. The molecule has 5 nitrogen and oxygen atoms in total. The maximum atomic E-state index is 12.3. The molecule has 108 valence electrons. The van der Waals surface area contributed by atoms with Gasteiger partial charge >= 0.3 is 12.3 Å². The van der Waals surface area contributed by atoms with Crippen LogP contribution >= 0.6 is 0 Å². The minimum absolute atomic E-state index is 0.0538. The monoisotopic (exact) mass is 289 g/mol. The fraction of sp³-hybridized carbons (Fsp3) is 0.333. The van der Waals surface area contributed by atoms with Crippen LogP contribution in [-0.2, 0) is 16.0 Å². The van der Waals surface area contributed by atoms with Gasteiger partial charge in [-0.2, -0.15) is 5.26 Å². The van der Waals surface area contributed by atoms with Crippen molar-refractivity contribution in [1.82, 2.24) is 0 Å². The molecule has 0 radical (unpaired) electrons. The summed E-state index contributed by atoms with van der Waals surface area (Å²) in [5, 5.41) is 18.1. The normalized spacial score (nSPS) is 10.8. The molecule has 0 saturated heterocycles. The van der Waals surface area contributed by atoms with E-state index < -0.39 is 35.8 Å². The number of carbonyl (C=O) groups is 1. The van der Waals surface area contributed by atoms with Crippen molar-refractivity contribution in [2.45, 2.75) is 19.7 Å². The first kappa shape index (κ1) is 15.6. The van der Waals surface area contributed by atoms with Gasteiger partial charge in [0.15, 0.2) is 5.75 Å². The summed E-state index contributed by atoms with van der Waals surface area (Å²) in [7, 11) is 0. The molecule has 0 saturated carbocycles. The van der Waals surface area contributed by atoms with Gasteiger partial charge < -0.3 is 14.6 Å². The lowest BCUT2D eigenvalue weighted by Gasteiger charge is -2.14. The van der Waals surface area contributed by atoms with Gasteiger partial charge in [0, 0.05) is 11.6 Å². The first-order chi connectivity index (χ1) is 9.26. The van der Waals surface area contributed by atoms with E-state index >= 15 is 0 Å². The van der Waals surface area contributed by atoms with Crippen LogP contribution in [0.4, 0.5) is 13.2 Å². The second-order valence-corrected chi connectivity index (χ2v) is 3.62. The molecule has 1 N–H and O–H groups in total. The highest BCUT2D eigenvalue weighted by Gasteiger charge is 2.34. The van der Waals surface area contributed by atoms with Crippen molar-refractivity contribution in [3.05, 3.63) is 23.3 Å². The Morgan fingerprint density at radius 2 is 2.10 bits per heavy atom.